The zero-order valence-corrected chi connectivity index (χ0v) is 12.8. The predicted molar refractivity (Wildman–Crippen MR) is 79.0 cm³/mol. The van der Waals surface area contributed by atoms with Gasteiger partial charge in [0, 0.05) is 12.7 Å². The molecule has 6 heteroatoms. The van der Waals surface area contributed by atoms with E-state index >= 15 is 0 Å². The average Bonchev–Trinajstić information content (AvgIpc) is 2.48. The van der Waals surface area contributed by atoms with Crippen LogP contribution in [0.25, 0.3) is 0 Å². The average molecular weight is 296 g/mol. The predicted octanol–water partition coefficient (Wildman–Crippen LogP) is 2.42. The monoisotopic (exact) mass is 296 g/mol. The normalized spacial score (nSPS) is 11.2. The smallest absolute Gasteiger partial charge is 0.311 e. The summed E-state index contributed by atoms with van der Waals surface area (Å²) in [4.78, 5) is 27.7. The van der Waals surface area contributed by atoms with Gasteiger partial charge in [0.1, 0.15) is 5.03 Å². The minimum absolute atomic E-state index is 0.122. The van der Waals surface area contributed by atoms with Crippen molar-refractivity contribution in [2.75, 3.05) is 12.8 Å². The van der Waals surface area contributed by atoms with Gasteiger partial charge in [-0.2, -0.15) is 0 Å². The summed E-state index contributed by atoms with van der Waals surface area (Å²) in [7, 11) is 0. The van der Waals surface area contributed by atoms with E-state index < -0.39 is 11.4 Å². The number of hydrogen-bond donors (Lipinski definition) is 2. The first-order valence-electron chi connectivity index (χ1n) is 6.51. The number of nitrogens with zero attached hydrogens (tertiary/aromatic N) is 1. The van der Waals surface area contributed by atoms with Crippen LogP contribution in [0, 0.1) is 5.41 Å². The molecule has 0 aliphatic heterocycles. The summed E-state index contributed by atoms with van der Waals surface area (Å²) >= 11 is 1.39. The Balaban J connectivity index is 2.83. The number of aromatic nitrogens is 1. The zero-order chi connectivity index (χ0) is 15.2. The number of thioether (sulfide) groups is 1. The lowest BCUT2D eigenvalue weighted by Crippen LogP contribution is -2.42. The van der Waals surface area contributed by atoms with Crippen molar-refractivity contribution < 1.29 is 14.7 Å². The number of aliphatic carboxylic acids is 1. The number of rotatable bonds is 7. The van der Waals surface area contributed by atoms with Crippen LogP contribution in [-0.4, -0.2) is 34.8 Å². The van der Waals surface area contributed by atoms with Crippen molar-refractivity contribution in [2.45, 2.75) is 31.7 Å². The Hall–Kier alpha value is -1.56. The van der Waals surface area contributed by atoms with Crippen LogP contribution < -0.4 is 5.32 Å². The van der Waals surface area contributed by atoms with Gasteiger partial charge in [0.15, 0.2) is 0 Å². The molecule has 0 atom stereocenters. The minimum atomic E-state index is -0.905. The highest BCUT2D eigenvalue weighted by atomic mass is 32.2. The molecule has 2 N–H and O–H groups in total. The first-order chi connectivity index (χ1) is 9.50. The largest absolute Gasteiger partial charge is 0.481 e. The second kappa shape index (κ2) is 7.28. The summed E-state index contributed by atoms with van der Waals surface area (Å²) in [6.45, 7) is 3.76. The number of carboxylic acids is 1. The fourth-order valence-electron chi connectivity index (χ4n) is 1.95. The lowest BCUT2D eigenvalue weighted by Gasteiger charge is -2.26. The van der Waals surface area contributed by atoms with Crippen LogP contribution in [0.1, 0.15) is 37.0 Å². The van der Waals surface area contributed by atoms with Gasteiger partial charge in [-0.25, -0.2) is 4.98 Å². The van der Waals surface area contributed by atoms with Gasteiger partial charge in [-0.15, -0.1) is 11.8 Å². The maximum Gasteiger partial charge on any atom is 0.311 e. The van der Waals surface area contributed by atoms with E-state index in [1.807, 2.05) is 20.1 Å². The van der Waals surface area contributed by atoms with E-state index in [9.17, 15) is 14.7 Å². The Bertz CT molecular complexity index is 487. The molecule has 0 unspecified atom stereocenters. The first kappa shape index (κ1) is 16.5. The molecule has 5 nitrogen and oxygen atoms in total. The molecule has 0 bridgehead atoms. The van der Waals surface area contributed by atoms with Crippen LogP contribution in [0.4, 0.5) is 0 Å². The maximum atomic E-state index is 12.2. The third kappa shape index (κ3) is 3.50. The van der Waals surface area contributed by atoms with Crippen molar-refractivity contribution in [1.82, 2.24) is 10.3 Å². The number of carbonyl (C=O) groups excluding carboxylic acids is 1. The van der Waals surface area contributed by atoms with Crippen molar-refractivity contribution in [1.29, 1.82) is 0 Å². The number of nitrogens with one attached hydrogen (secondary N) is 1. The maximum absolute atomic E-state index is 12.2. The number of pyridine rings is 1. The molecular weight excluding hydrogens is 276 g/mol. The molecule has 0 fully saturated rings. The first-order valence-corrected chi connectivity index (χ1v) is 7.73. The highest BCUT2D eigenvalue weighted by molar-refractivity contribution is 7.98. The topological polar surface area (TPSA) is 79.3 Å². The van der Waals surface area contributed by atoms with Gasteiger partial charge in [0.2, 0.25) is 0 Å². The third-order valence-corrected chi connectivity index (χ3v) is 4.32. The SMILES string of the molecule is CCC(CC)(CNC(=O)c1cccnc1SC)C(=O)O. The second-order valence-corrected chi connectivity index (χ2v) is 5.33. The Labute approximate surface area is 123 Å². The molecule has 0 saturated carbocycles. The number of carbonyl (C=O) groups is 2. The fourth-order valence-corrected chi connectivity index (χ4v) is 2.50. The summed E-state index contributed by atoms with van der Waals surface area (Å²) < 4.78 is 0. The highest BCUT2D eigenvalue weighted by Gasteiger charge is 2.35. The van der Waals surface area contributed by atoms with E-state index in [0.717, 1.165) is 0 Å². The Morgan fingerprint density at radius 1 is 1.40 bits per heavy atom. The van der Waals surface area contributed by atoms with E-state index in [-0.39, 0.29) is 12.5 Å². The minimum Gasteiger partial charge on any atom is -0.481 e. The molecule has 1 aromatic rings. The van der Waals surface area contributed by atoms with Gasteiger partial charge in [-0.05, 0) is 31.2 Å². The van der Waals surface area contributed by atoms with Crippen molar-refractivity contribution in [3.8, 4) is 0 Å². The highest BCUT2D eigenvalue weighted by Crippen LogP contribution is 2.26. The Kier molecular flexibility index (Phi) is 6.01. The van der Waals surface area contributed by atoms with E-state index in [1.54, 1.807) is 18.3 Å². The molecular formula is C14H20N2O3S. The molecule has 110 valence electrons. The summed E-state index contributed by atoms with van der Waals surface area (Å²) in [5, 5.41) is 12.7. The van der Waals surface area contributed by atoms with Crippen LogP contribution in [0.5, 0.6) is 0 Å². The standard InChI is InChI=1S/C14H20N2O3S/c1-4-14(5-2,13(18)19)9-16-11(17)10-7-6-8-15-12(10)20-3/h6-8H,4-5,9H2,1-3H3,(H,16,17)(H,18,19). The van der Waals surface area contributed by atoms with Crippen LogP contribution in [-0.2, 0) is 4.79 Å². The van der Waals surface area contributed by atoms with Crippen molar-refractivity contribution in [3.63, 3.8) is 0 Å². The van der Waals surface area contributed by atoms with Crippen LogP contribution in [0.3, 0.4) is 0 Å². The molecule has 0 aliphatic carbocycles. The molecule has 1 heterocycles. The van der Waals surface area contributed by atoms with E-state index in [4.69, 9.17) is 0 Å². The molecule has 0 aliphatic rings. The van der Waals surface area contributed by atoms with Crippen LogP contribution in [0.2, 0.25) is 0 Å². The zero-order valence-electron chi connectivity index (χ0n) is 12.0. The van der Waals surface area contributed by atoms with Gasteiger partial charge in [0.05, 0.1) is 11.0 Å². The molecule has 0 spiro atoms. The summed E-state index contributed by atoms with van der Waals surface area (Å²) in [6.07, 6.45) is 4.42. The number of hydrogen-bond acceptors (Lipinski definition) is 4. The van der Waals surface area contributed by atoms with Gasteiger partial charge >= 0.3 is 5.97 Å². The molecule has 0 radical (unpaired) electrons. The molecule has 1 aromatic heterocycles. The molecule has 1 rings (SSSR count). The molecule has 0 saturated heterocycles. The van der Waals surface area contributed by atoms with Crippen molar-refractivity contribution >= 4 is 23.6 Å². The lowest BCUT2D eigenvalue weighted by molar-refractivity contribution is -0.149. The molecule has 20 heavy (non-hydrogen) atoms. The van der Waals surface area contributed by atoms with Crippen LogP contribution >= 0.6 is 11.8 Å². The van der Waals surface area contributed by atoms with E-state index in [1.165, 1.54) is 11.8 Å². The summed E-state index contributed by atoms with van der Waals surface area (Å²) in [6, 6.07) is 3.38. The quantitative estimate of drug-likeness (QED) is 0.755. The van der Waals surface area contributed by atoms with Gasteiger partial charge in [0.25, 0.3) is 5.91 Å². The number of amides is 1. The number of carboxylic acid groups (broad SMARTS) is 1. The lowest BCUT2D eigenvalue weighted by atomic mass is 9.82. The molecule has 1 amide bonds. The Morgan fingerprint density at radius 3 is 2.55 bits per heavy atom. The summed E-state index contributed by atoms with van der Waals surface area (Å²) in [5.41, 5.74) is -0.427. The van der Waals surface area contributed by atoms with Gasteiger partial charge < -0.3 is 10.4 Å². The van der Waals surface area contributed by atoms with E-state index in [0.29, 0.717) is 23.4 Å². The fraction of sp³-hybridized carbons (Fsp3) is 0.500. The van der Waals surface area contributed by atoms with Crippen molar-refractivity contribution in [2.24, 2.45) is 5.41 Å². The second-order valence-electron chi connectivity index (χ2n) is 4.54. The van der Waals surface area contributed by atoms with Crippen LogP contribution in [0.15, 0.2) is 23.4 Å². The third-order valence-electron chi connectivity index (χ3n) is 3.60. The van der Waals surface area contributed by atoms with Crippen molar-refractivity contribution in [3.05, 3.63) is 23.9 Å². The summed E-state index contributed by atoms with van der Waals surface area (Å²) in [5.74, 6) is -1.16. The van der Waals surface area contributed by atoms with Gasteiger partial charge in [-0.3, -0.25) is 9.59 Å². The van der Waals surface area contributed by atoms with E-state index in [2.05, 4.69) is 10.3 Å². The van der Waals surface area contributed by atoms with Gasteiger partial charge in [-0.1, -0.05) is 13.8 Å². The Morgan fingerprint density at radius 2 is 2.05 bits per heavy atom. The molecule has 0 aromatic carbocycles.